The number of halogens is 4. The molecule has 1 rings (SSSR count). The molecule has 0 radical (unpaired) electrons. The van der Waals surface area contributed by atoms with Gasteiger partial charge >= 0.3 is 0 Å². The third-order valence-electron chi connectivity index (χ3n) is 1.41. The number of nitrogens with zero attached hydrogens (tertiary/aromatic N) is 1. The van der Waals surface area contributed by atoms with Crippen molar-refractivity contribution < 1.29 is 13.2 Å². The van der Waals surface area contributed by atoms with Gasteiger partial charge in [-0.3, -0.25) is 4.98 Å². The minimum absolute atomic E-state index is 0.179. The van der Waals surface area contributed by atoms with Crippen LogP contribution in [-0.2, 0) is 5.88 Å². The number of aromatic nitrogens is 1. The van der Waals surface area contributed by atoms with Gasteiger partial charge in [-0.15, -0.1) is 11.6 Å². The van der Waals surface area contributed by atoms with E-state index in [1.165, 1.54) is 0 Å². The fraction of sp³-hybridized carbons (Fsp3) is 0.286. The Hall–Kier alpha value is -0.770. The van der Waals surface area contributed by atoms with Gasteiger partial charge in [0.2, 0.25) is 0 Å². The van der Waals surface area contributed by atoms with Crippen LogP contribution in [0.15, 0.2) is 12.4 Å². The first kappa shape index (κ1) is 9.32. The molecule has 0 unspecified atom stereocenters. The van der Waals surface area contributed by atoms with Crippen molar-refractivity contribution in [1.82, 2.24) is 4.98 Å². The van der Waals surface area contributed by atoms with Gasteiger partial charge in [0.1, 0.15) is 5.82 Å². The molecule has 1 heterocycles. The van der Waals surface area contributed by atoms with E-state index in [0.29, 0.717) is 0 Å². The summed E-state index contributed by atoms with van der Waals surface area (Å²) >= 11 is 5.28. The van der Waals surface area contributed by atoms with Gasteiger partial charge in [-0.2, -0.15) is 0 Å². The molecule has 1 aromatic heterocycles. The molecule has 0 saturated heterocycles. The van der Waals surface area contributed by atoms with Crippen LogP contribution in [0.5, 0.6) is 0 Å². The summed E-state index contributed by atoms with van der Waals surface area (Å²) in [7, 11) is 0. The van der Waals surface area contributed by atoms with E-state index < -0.39 is 17.8 Å². The lowest BCUT2D eigenvalue weighted by molar-refractivity contribution is 0.149. The Labute approximate surface area is 72.2 Å². The molecule has 0 aliphatic heterocycles. The first-order chi connectivity index (χ1) is 5.66. The second-order valence-corrected chi connectivity index (χ2v) is 2.39. The van der Waals surface area contributed by atoms with Crippen molar-refractivity contribution in [2.75, 3.05) is 0 Å². The van der Waals surface area contributed by atoms with Crippen LogP contribution in [0.2, 0.25) is 0 Å². The predicted octanol–water partition coefficient (Wildman–Crippen LogP) is 2.90. The number of rotatable bonds is 2. The average Bonchev–Trinajstić information content (AvgIpc) is 2.03. The summed E-state index contributed by atoms with van der Waals surface area (Å²) in [6.07, 6.45) is -0.948. The van der Waals surface area contributed by atoms with E-state index in [-0.39, 0.29) is 11.4 Å². The molecule has 0 spiro atoms. The second kappa shape index (κ2) is 3.76. The summed E-state index contributed by atoms with van der Waals surface area (Å²) < 4.78 is 37.0. The normalized spacial score (nSPS) is 10.8. The van der Waals surface area contributed by atoms with Crippen molar-refractivity contribution in [3.63, 3.8) is 0 Å². The van der Waals surface area contributed by atoms with Crippen LogP contribution in [0, 0.1) is 5.82 Å². The van der Waals surface area contributed by atoms with Crippen LogP contribution in [0.4, 0.5) is 13.2 Å². The summed E-state index contributed by atoms with van der Waals surface area (Å²) in [5, 5.41) is 0. The van der Waals surface area contributed by atoms with Crippen LogP contribution < -0.4 is 0 Å². The summed E-state index contributed by atoms with van der Waals surface area (Å²) in [6.45, 7) is 0. The highest BCUT2D eigenvalue weighted by atomic mass is 35.5. The van der Waals surface area contributed by atoms with Crippen LogP contribution in [0.25, 0.3) is 0 Å². The van der Waals surface area contributed by atoms with Crippen molar-refractivity contribution in [1.29, 1.82) is 0 Å². The molecule has 5 heteroatoms. The van der Waals surface area contributed by atoms with Gasteiger partial charge in [-0.25, -0.2) is 13.2 Å². The van der Waals surface area contributed by atoms with Gasteiger partial charge in [-0.05, 0) is 0 Å². The zero-order chi connectivity index (χ0) is 9.14. The van der Waals surface area contributed by atoms with Crippen LogP contribution in [0.1, 0.15) is 17.6 Å². The molecular weight excluding hydrogens is 191 g/mol. The Balaban J connectivity index is 3.18. The largest absolute Gasteiger partial charge is 0.265 e. The summed E-state index contributed by atoms with van der Waals surface area (Å²) in [4.78, 5) is 3.30. The van der Waals surface area contributed by atoms with Crippen molar-refractivity contribution in [3.05, 3.63) is 29.3 Å². The molecule has 0 fully saturated rings. The molecule has 12 heavy (non-hydrogen) atoms. The van der Waals surface area contributed by atoms with Gasteiger partial charge in [0.25, 0.3) is 6.43 Å². The van der Waals surface area contributed by atoms with Crippen LogP contribution in [-0.4, -0.2) is 4.98 Å². The lowest BCUT2D eigenvalue weighted by atomic mass is 10.1. The molecule has 0 N–H and O–H groups in total. The second-order valence-electron chi connectivity index (χ2n) is 2.12. The molecule has 1 aromatic rings. The van der Waals surface area contributed by atoms with E-state index in [1.807, 2.05) is 0 Å². The maximum Gasteiger partial charge on any atom is 0.265 e. The molecule has 0 atom stereocenters. The summed E-state index contributed by atoms with van der Waals surface area (Å²) in [6, 6.07) is 0. The fourth-order valence-corrected chi connectivity index (χ4v) is 1.09. The molecule has 1 nitrogen and oxygen atoms in total. The Morgan fingerprint density at radius 1 is 1.42 bits per heavy atom. The molecule has 66 valence electrons. The number of alkyl halides is 3. The van der Waals surface area contributed by atoms with Crippen molar-refractivity contribution in [3.8, 4) is 0 Å². The third kappa shape index (κ3) is 1.69. The lowest BCUT2D eigenvalue weighted by Crippen LogP contribution is -1.97. The molecule has 0 bridgehead atoms. The topological polar surface area (TPSA) is 12.9 Å². The van der Waals surface area contributed by atoms with Gasteiger partial charge in [0.15, 0.2) is 0 Å². The average molecular weight is 196 g/mol. The predicted molar refractivity (Wildman–Crippen MR) is 38.7 cm³/mol. The van der Waals surface area contributed by atoms with E-state index in [2.05, 4.69) is 4.98 Å². The van der Waals surface area contributed by atoms with Crippen molar-refractivity contribution in [2.24, 2.45) is 0 Å². The minimum Gasteiger partial charge on any atom is -0.261 e. The molecule has 0 aliphatic rings. The van der Waals surface area contributed by atoms with E-state index >= 15 is 0 Å². The van der Waals surface area contributed by atoms with E-state index in [0.717, 1.165) is 12.4 Å². The van der Waals surface area contributed by atoms with Crippen LogP contribution >= 0.6 is 11.6 Å². The van der Waals surface area contributed by atoms with E-state index in [9.17, 15) is 13.2 Å². The van der Waals surface area contributed by atoms with E-state index in [1.54, 1.807) is 0 Å². The Morgan fingerprint density at radius 3 is 2.50 bits per heavy atom. The van der Waals surface area contributed by atoms with Crippen molar-refractivity contribution in [2.45, 2.75) is 12.3 Å². The number of pyridine rings is 1. The minimum atomic E-state index is -2.73. The Morgan fingerprint density at radius 2 is 2.08 bits per heavy atom. The Bertz CT molecular complexity index is 277. The van der Waals surface area contributed by atoms with Crippen LogP contribution in [0.3, 0.4) is 0 Å². The fourth-order valence-electron chi connectivity index (χ4n) is 0.806. The Kier molecular flexibility index (Phi) is 2.92. The van der Waals surface area contributed by atoms with Gasteiger partial charge in [0.05, 0.1) is 12.1 Å². The summed E-state index contributed by atoms with van der Waals surface area (Å²) in [5.41, 5.74) is -0.619. The first-order valence-electron chi connectivity index (χ1n) is 3.13. The maximum absolute atomic E-state index is 12.7. The molecule has 0 saturated carbocycles. The first-order valence-corrected chi connectivity index (χ1v) is 3.66. The highest BCUT2D eigenvalue weighted by Crippen LogP contribution is 2.24. The third-order valence-corrected chi connectivity index (χ3v) is 1.67. The van der Waals surface area contributed by atoms with Crippen molar-refractivity contribution >= 4 is 11.6 Å². The lowest BCUT2D eigenvalue weighted by Gasteiger charge is -2.04. The van der Waals surface area contributed by atoms with Gasteiger partial charge in [0, 0.05) is 17.3 Å². The molecule has 0 aliphatic carbocycles. The maximum atomic E-state index is 12.7. The number of hydrogen-bond donors (Lipinski definition) is 0. The molecular formula is C7H5ClF3N. The highest BCUT2D eigenvalue weighted by Gasteiger charge is 2.15. The molecule has 0 amide bonds. The zero-order valence-corrected chi connectivity index (χ0v) is 6.65. The summed E-state index contributed by atoms with van der Waals surface area (Å²) in [5.74, 6) is -1.06. The smallest absolute Gasteiger partial charge is 0.261 e. The molecule has 0 aromatic carbocycles. The standard InChI is InChI=1S/C7H5ClF3N/c8-1-4-5(7(10)11)2-12-3-6(4)9/h2-3,7H,1H2. The van der Waals surface area contributed by atoms with Gasteiger partial charge < -0.3 is 0 Å². The highest BCUT2D eigenvalue weighted by molar-refractivity contribution is 6.17. The van der Waals surface area contributed by atoms with Gasteiger partial charge in [-0.1, -0.05) is 0 Å². The SMILES string of the molecule is Fc1cncc(C(F)F)c1CCl. The monoisotopic (exact) mass is 195 g/mol. The number of hydrogen-bond acceptors (Lipinski definition) is 1. The van der Waals surface area contributed by atoms with E-state index in [4.69, 9.17) is 11.6 Å². The quantitative estimate of drug-likeness (QED) is 0.662. The zero-order valence-electron chi connectivity index (χ0n) is 5.90.